The minimum absolute atomic E-state index is 0. The molecule has 1 aromatic carbocycles. The average Bonchev–Trinajstić information content (AvgIpc) is 3.16. The van der Waals surface area contributed by atoms with E-state index in [1.807, 2.05) is 18.2 Å². The zero-order chi connectivity index (χ0) is 16.7. The molecule has 0 aromatic heterocycles. The third-order valence-corrected chi connectivity index (χ3v) is 5.49. The van der Waals surface area contributed by atoms with Crippen LogP contribution in [0.1, 0.15) is 44.1 Å². The summed E-state index contributed by atoms with van der Waals surface area (Å²) in [6, 6.07) is 10.2. The van der Waals surface area contributed by atoms with Crippen LogP contribution in [0.4, 0.5) is 0 Å². The van der Waals surface area contributed by atoms with Crippen molar-refractivity contribution in [3.8, 4) is 0 Å². The fourth-order valence-electron chi connectivity index (χ4n) is 3.96. The van der Waals surface area contributed by atoms with Gasteiger partial charge in [0.1, 0.15) is 0 Å². The summed E-state index contributed by atoms with van der Waals surface area (Å²) in [4.78, 5) is 15.5. The number of carbonyl (C=O) groups is 1. The van der Waals surface area contributed by atoms with Crippen molar-refractivity contribution in [1.29, 1.82) is 0 Å². The SMILES string of the molecule is Cl.O=C(NCCCCN1CCCC1)C1(c2ccccc2)CCOCC1. The molecule has 2 aliphatic rings. The van der Waals surface area contributed by atoms with Gasteiger partial charge >= 0.3 is 0 Å². The first-order valence-corrected chi connectivity index (χ1v) is 9.45. The van der Waals surface area contributed by atoms with Crippen molar-refractivity contribution >= 4 is 18.3 Å². The monoisotopic (exact) mass is 366 g/mol. The highest BCUT2D eigenvalue weighted by atomic mass is 35.5. The Labute approximate surface area is 157 Å². The molecule has 0 bridgehead atoms. The van der Waals surface area contributed by atoms with Crippen LogP contribution in [0, 0.1) is 0 Å². The van der Waals surface area contributed by atoms with Crippen molar-refractivity contribution < 1.29 is 9.53 Å². The van der Waals surface area contributed by atoms with Gasteiger partial charge in [-0.15, -0.1) is 12.4 Å². The summed E-state index contributed by atoms with van der Waals surface area (Å²) < 4.78 is 5.51. The summed E-state index contributed by atoms with van der Waals surface area (Å²) in [7, 11) is 0. The molecule has 5 heteroatoms. The van der Waals surface area contributed by atoms with E-state index in [1.54, 1.807) is 0 Å². The van der Waals surface area contributed by atoms with Crippen LogP contribution in [0.5, 0.6) is 0 Å². The quantitative estimate of drug-likeness (QED) is 0.754. The van der Waals surface area contributed by atoms with E-state index in [2.05, 4.69) is 22.3 Å². The van der Waals surface area contributed by atoms with Crippen LogP contribution in [-0.2, 0) is 14.9 Å². The number of benzene rings is 1. The lowest BCUT2D eigenvalue weighted by atomic mass is 9.73. The fraction of sp³-hybridized carbons (Fsp3) is 0.650. The van der Waals surface area contributed by atoms with Gasteiger partial charge in [-0.1, -0.05) is 30.3 Å². The molecule has 2 fully saturated rings. The van der Waals surface area contributed by atoms with Crippen LogP contribution < -0.4 is 5.32 Å². The third kappa shape index (κ3) is 5.19. The molecule has 25 heavy (non-hydrogen) atoms. The molecular formula is C20H31ClN2O2. The number of nitrogens with one attached hydrogen (secondary N) is 1. The Morgan fingerprint density at radius 2 is 1.76 bits per heavy atom. The zero-order valence-corrected chi connectivity index (χ0v) is 15.9. The van der Waals surface area contributed by atoms with E-state index in [9.17, 15) is 4.79 Å². The maximum atomic E-state index is 13.0. The maximum Gasteiger partial charge on any atom is 0.230 e. The van der Waals surface area contributed by atoms with Gasteiger partial charge in [0, 0.05) is 19.8 Å². The average molecular weight is 367 g/mol. The standard InChI is InChI=1S/C20H30N2O2.ClH/c23-19(21-12-4-5-13-22-14-6-7-15-22)20(10-16-24-17-11-20)18-8-2-1-3-9-18;/h1-3,8-9H,4-7,10-17H2,(H,21,23);1H. The molecule has 0 saturated carbocycles. The summed E-state index contributed by atoms with van der Waals surface area (Å²) in [5.74, 6) is 0.179. The smallest absolute Gasteiger partial charge is 0.230 e. The molecule has 1 N–H and O–H groups in total. The van der Waals surface area contributed by atoms with E-state index in [1.165, 1.54) is 38.9 Å². The van der Waals surface area contributed by atoms with Crippen LogP contribution >= 0.6 is 12.4 Å². The predicted octanol–water partition coefficient (Wildman–Crippen LogP) is 3.15. The lowest BCUT2D eigenvalue weighted by molar-refractivity contribution is -0.130. The molecule has 1 amide bonds. The predicted molar refractivity (Wildman–Crippen MR) is 103 cm³/mol. The second kappa shape index (κ2) is 10.1. The molecule has 0 radical (unpaired) electrons. The fourth-order valence-corrected chi connectivity index (χ4v) is 3.96. The van der Waals surface area contributed by atoms with Gasteiger partial charge in [-0.3, -0.25) is 4.79 Å². The van der Waals surface area contributed by atoms with Gasteiger partial charge in [0.05, 0.1) is 5.41 Å². The molecular weight excluding hydrogens is 336 g/mol. The van der Waals surface area contributed by atoms with Gasteiger partial charge in [0.2, 0.25) is 5.91 Å². The molecule has 0 unspecified atom stereocenters. The lowest BCUT2D eigenvalue weighted by Gasteiger charge is -2.36. The highest BCUT2D eigenvalue weighted by Crippen LogP contribution is 2.35. The molecule has 2 aliphatic heterocycles. The number of halogens is 1. The van der Waals surface area contributed by atoms with Crippen LogP contribution in [-0.4, -0.2) is 50.2 Å². The number of ether oxygens (including phenoxy) is 1. The van der Waals surface area contributed by atoms with Crippen LogP contribution in [0.2, 0.25) is 0 Å². The number of likely N-dealkylation sites (tertiary alicyclic amines) is 1. The Morgan fingerprint density at radius 1 is 1.08 bits per heavy atom. The number of unbranched alkanes of at least 4 members (excludes halogenated alkanes) is 1. The topological polar surface area (TPSA) is 41.6 Å². The second-order valence-corrected chi connectivity index (χ2v) is 7.07. The molecule has 0 atom stereocenters. The summed E-state index contributed by atoms with van der Waals surface area (Å²) in [6.07, 6.45) is 6.47. The molecule has 140 valence electrons. The zero-order valence-electron chi connectivity index (χ0n) is 15.0. The Bertz CT molecular complexity index is 512. The van der Waals surface area contributed by atoms with Crippen molar-refractivity contribution in [3.05, 3.63) is 35.9 Å². The number of rotatable bonds is 7. The molecule has 0 aliphatic carbocycles. The molecule has 2 heterocycles. The van der Waals surface area contributed by atoms with Gasteiger partial charge < -0.3 is 15.0 Å². The van der Waals surface area contributed by atoms with E-state index in [0.717, 1.165) is 31.4 Å². The number of hydrogen-bond acceptors (Lipinski definition) is 3. The van der Waals surface area contributed by atoms with Gasteiger partial charge in [-0.2, -0.15) is 0 Å². The maximum absolute atomic E-state index is 13.0. The van der Waals surface area contributed by atoms with Gasteiger partial charge in [-0.25, -0.2) is 0 Å². The van der Waals surface area contributed by atoms with Gasteiger partial charge in [0.15, 0.2) is 0 Å². The summed E-state index contributed by atoms with van der Waals surface area (Å²) in [5, 5.41) is 3.20. The van der Waals surface area contributed by atoms with Crippen LogP contribution in [0.3, 0.4) is 0 Å². The highest BCUT2D eigenvalue weighted by Gasteiger charge is 2.41. The molecule has 3 rings (SSSR count). The van der Waals surface area contributed by atoms with E-state index in [4.69, 9.17) is 4.74 Å². The third-order valence-electron chi connectivity index (χ3n) is 5.49. The first-order valence-electron chi connectivity index (χ1n) is 9.45. The first kappa shape index (κ1) is 20.2. The molecule has 2 saturated heterocycles. The molecule has 0 spiro atoms. The number of nitrogens with zero attached hydrogens (tertiary/aromatic N) is 1. The van der Waals surface area contributed by atoms with Crippen molar-refractivity contribution in [2.45, 2.75) is 43.9 Å². The van der Waals surface area contributed by atoms with Crippen molar-refractivity contribution in [2.24, 2.45) is 0 Å². The van der Waals surface area contributed by atoms with E-state index < -0.39 is 5.41 Å². The van der Waals surface area contributed by atoms with E-state index in [0.29, 0.717) is 13.2 Å². The molecule has 1 aromatic rings. The van der Waals surface area contributed by atoms with Crippen molar-refractivity contribution in [3.63, 3.8) is 0 Å². The Balaban J connectivity index is 0.00000225. The van der Waals surface area contributed by atoms with Crippen LogP contribution in [0.15, 0.2) is 30.3 Å². The molecule has 4 nitrogen and oxygen atoms in total. The first-order chi connectivity index (χ1) is 11.8. The van der Waals surface area contributed by atoms with Gasteiger partial charge in [-0.05, 0) is 63.7 Å². The Morgan fingerprint density at radius 3 is 2.44 bits per heavy atom. The number of hydrogen-bond donors (Lipinski definition) is 1. The van der Waals surface area contributed by atoms with Gasteiger partial charge in [0.25, 0.3) is 0 Å². The normalized spacial score (nSPS) is 20.0. The largest absolute Gasteiger partial charge is 0.381 e. The lowest BCUT2D eigenvalue weighted by Crippen LogP contribution is -2.48. The minimum atomic E-state index is -0.408. The number of carbonyl (C=O) groups excluding carboxylic acids is 1. The number of amides is 1. The highest BCUT2D eigenvalue weighted by molar-refractivity contribution is 5.88. The van der Waals surface area contributed by atoms with Crippen molar-refractivity contribution in [1.82, 2.24) is 10.2 Å². The summed E-state index contributed by atoms with van der Waals surface area (Å²) in [6.45, 7) is 5.79. The summed E-state index contributed by atoms with van der Waals surface area (Å²) >= 11 is 0. The van der Waals surface area contributed by atoms with Crippen LogP contribution in [0.25, 0.3) is 0 Å². The summed E-state index contributed by atoms with van der Waals surface area (Å²) in [5.41, 5.74) is 0.719. The van der Waals surface area contributed by atoms with Crippen molar-refractivity contribution in [2.75, 3.05) is 39.4 Å². The van der Waals surface area contributed by atoms with E-state index >= 15 is 0 Å². The van der Waals surface area contributed by atoms with E-state index in [-0.39, 0.29) is 18.3 Å². The Kier molecular flexibility index (Phi) is 8.20. The Hall–Kier alpha value is -1.10. The second-order valence-electron chi connectivity index (χ2n) is 7.07. The minimum Gasteiger partial charge on any atom is -0.381 e.